The summed E-state index contributed by atoms with van der Waals surface area (Å²) >= 11 is 0. The molecule has 2 heterocycles. The molecule has 4 aromatic rings. The van der Waals surface area contributed by atoms with E-state index in [-0.39, 0.29) is 30.8 Å². The highest BCUT2D eigenvalue weighted by Gasteiger charge is 2.22. The largest absolute Gasteiger partial charge is 0.504 e. The summed E-state index contributed by atoms with van der Waals surface area (Å²) in [5.41, 5.74) is 2.93. The van der Waals surface area contributed by atoms with Crippen molar-refractivity contribution in [1.82, 2.24) is 5.32 Å². The molecule has 0 aliphatic heterocycles. The van der Waals surface area contributed by atoms with E-state index in [1.54, 1.807) is 13.0 Å². The first kappa shape index (κ1) is 23.9. The maximum Gasteiger partial charge on any atom is 0.339 e. The lowest BCUT2D eigenvalue weighted by atomic mass is 10.00. The molecule has 1 amide bonds. The van der Waals surface area contributed by atoms with E-state index in [1.807, 2.05) is 19.9 Å². The van der Waals surface area contributed by atoms with E-state index in [0.717, 1.165) is 22.1 Å². The van der Waals surface area contributed by atoms with E-state index >= 15 is 0 Å². The lowest BCUT2D eigenvalue weighted by molar-refractivity contribution is -0.141. The van der Waals surface area contributed by atoms with Gasteiger partial charge in [0.15, 0.2) is 11.5 Å². The van der Waals surface area contributed by atoms with Gasteiger partial charge in [-0.05, 0) is 62.1 Å². The van der Waals surface area contributed by atoms with Gasteiger partial charge in [-0.2, -0.15) is 0 Å². The van der Waals surface area contributed by atoms with E-state index in [0.29, 0.717) is 27.9 Å². The molecule has 4 rings (SSSR count). The van der Waals surface area contributed by atoms with Crippen LogP contribution in [0.25, 0.3) is 21.9 Å². The van der Waals surface area contributed by atoms with Crippen molar-refractivity contribution in [1.29, 1.82) is 0 Å². The lowest BCUT2D eigenvalue weighted by Crippen LogP contribution is -2.42. The summed E-state index contributed by atoms with van der Waals surface area (Å²) in [4.78, 5) is 36.8. The number of benzene rings is 2. The number of fused-ring (bicyclic) bond motifs is 2. The van der Waals surface area contributed by atoms with Gasteiger partial charge in [-0.1, -0.05) is 6.07 Å². The first-order valence-corrected chi connectivity index (χ1v) is 11.0. The van der Waals surface area contributed by atoms with Crippen LogP contribution in [0.3, 0.4) is 0 Å². The zero-order valence-corrected chi connectivity index (χ0v) is 19.5. The van der Waals surface area contributed by atoms with E-state index in [2.05, 4.69) is 5.32 Å². The van der Waals surface area contributed by atoms with E-state index in [4.69, 9.17) is 8.83 Å². The third-order valence-corrected chi connectivity index (χ3v) is 6.30. The summed E-state index contributed by atoms with van der Waals surface area (Å²) in [6.07, 6.45) is -0.136. The molecule has 0 saturated carbocycles. The number of aryl methyl sites for hydroxylation is 3. The van der Waals surface area contributed by atoms with Gasteiger partial charge in [0.05, 0.1) is 0 Å². The molecule has 0 aliphatic carbocycles. The molecule has 9 heteroatoms. The summed E-state index contributed by atoms with van der Waals surface area (Å²) < 4.78 is 11.2. The standard InChI is InChI=1S/C26H25NO8/c1-12-14(3)34-22-11-23-18(10-17(12)22)13(2)16(26(33)35-23)5-7-24(30)27-19(25(31)32)8-15-4-6-20(28)21(29)9-15/h4,6,9-11,19,28-29H,5,7-8H2,1-3H3,(H,27,30)(H,31,32)/t19-/m0/s1. The predicted molar refractivity (Wildman–Crippen MR) is 128 cm³/mol. The summed E-state index contributed by atoms with van der Waals surface area (Å²) in [5.74, 6) is -1.72. The Kier molecular flexibility index (Phi) is 6.26. The molecule has 0 unspecified atom stereocenters. The summed E-state index contributed by atoms with van der Waals surface area (Å²) in [7, 11) is 0. The van der Waals surface area contributed by atoms with Crippen LogP contribution in [0.15, 0.2) is 44.0 Å². The molecule has 0 saturated heterocycles. The minimum Gasteiger partial charge on any atom is -0.504 e. The van der Waals surface area contributed by atoms with Crippen molar-refractivity contribution in [2.75, 3.05) is 0 Å². The van der Waals surface area contributed by atoms with Crippen LogP contribution in [0.1, 0.15) is 34.4 Å². The smallest absolute Gasteiger partial charge is 0.339 e. The number of aliphatic carboxylic acids is 1. The van der Waals surface area contributed by atoms with Gasteiger partial charge in [-0.3, -0.25) is 4.79 Å². The van der Waals surface area contributed by atoms with E-state index in [1.165, 1.54) is 18.2 Å². The van der Waals surface area contributed by atoms with Crippen molar-refractivity contribution < 1.29 is 33.7 Å². The van der Waals surface area contributed by atoms with Crippen LogP contribution in [0.4, 0.5) is 0 Å². The fourth-order valence-corrected chi connectivity index (χ4v) is 4.15. The minimum atomic E-state index is -1.25. The summed E-state index contributed by atoms with van der Waals surface area (Å²) in [6, 6.07) is 6.29. The van der Waals surface area contributed by atoms with Gasteiger partial charge in [-0.25, -0.2) is 9.59 Å². The maximum atomic E-state index is 12.6. The average molecular weight is 479 g/mol. The fraction of sp³-hybridized carbons (Fsp3) is 0.269. The molecule has 4 N–H and O–H groups in total. The highest BCUT2D eigenvalue weighted by molar-refractivity contribution is 5.96. The Hall–Kier alpha value is -4.27. The van der Waals surface area contributed by atoms with Gasteiger partial charge in [0, 0.05) is 35.2 Å². The fourth-order valence-electron chi connectivity index (χ4n) is 4.15. The SMILES string of the molecule is Cc1oc2cc3oc(=O)c(CCC(=O)N[C@@H](Cc4ccc(O)c(O)c4)C(=O)O)c(C)c3cc2c1C. The molecule has 2 aromatic carbocycles. The van der Waals surface area contributed by atoms with Gasteiger partial charge >= 0.3 is 11.6 Å². The first-order chi connectivity index (χ1) is 16.5. The molecule has 2 aromatic heterocycles. The third-order valence-electron chi connectivity index (χ3n) is 6.30. The maximum absolute atomic E-state index is 12.6. The number of amides is 1. The summed E-state index contributed by atoms with van der Waals surface area (Å²) in [6.45, 7) is 5.60. The molecular weight excluding hydrogens is 454 g/mol. The van der Waals surface area contributed by atoms with Crippen molar-refractivity contribution in [2.45, 2.75) is 46.1 Å². The second-order valence-electron chi connectivity index (χ2n) is 8.61. The number of hydrogen-bond donors (Lipinski definition) is 4. The number of phenols is 2. The molecule has 0 aliphatic rings. The summed E-state index contributed by atoms with van der Waals surface area (Å²) in [5, 5.41) is 32.7. The number of carbonyl (C=O) groups excluding carboxylic acids is 1. The molecule has 0 fully saturated rings. The first-order valence-electron chi connectivity index (χ1n) is 11.0. The predicted octanol–water partition coefficient (Wildman–Crippen LogP) is 3.62. The van der Waals surface area contributed by atoms with Crippen molar-refractivity contribution in [3.05, 3.63) is 68.8 Å². The topological polar surface area (TPSA) is 150 Å². The minimum absolute atomic E-state index is 0.0731. The number of carboxylic acids is 1. The highest BCUT2D eigenvalue weighted by atomic mass is 16.4. The number of nitrogens with one attached hydrogen (secondary N) is 1. The second-order valence-corrected chi connectivity index (χ2v) is 8.61. The second kappa shape index (κ2) is 9.17. The van der Waals surface area contributed by atoms with Gasteiger partial charge in [0.25, 0.3) is 0 Å². The van der Waals surface area contributed by atoms with Crippen LogP contribution < -0.4 is 10.9 Å². The Morgan fingerprint density at radius 3 is 2.31 bits per heavy atom. The number of rotatable bonds is 7. The quantitative estimate of drug-likeness (QED) is 0.232. The number of carbonyl (C=O) groups is 2. The monoisotopic (exact) mass is 479 g/mol. The molecular formula is C26H25NO8. The van der Waals surface area contributed by atoms with Crippen molar-refractivity contribution >= 4 is 33.8 Å². The number of aromatic hydroxyl groups is 2. The van der Waals surface area contributed by atoms with Crippen LogP contribution in [0.2, 0.25) is 0 Å². The molecule has 0 spiro atoms. The van der Waals surface area contributed by atoms with Crippen molar-refractivity contribution in [2.24, 2.45) is 0 Å². The van der Waals surface area contributed by atoms with E-state index in [9.17, 15) is 29.7 Å². The Bertz CT molecular complexity index is 1530. The van der Waals surface area contributed by atoms with Crippen LogP contribution in [0.5, 0.6) is 11.5 Å². The Labute approximate surface area is 199 Å². The van der Waals surface area contributed by atoms with Crippen molar-refractivity contribution in [3.8, 4) is 11.5 Å². The number of furan rings is 1. The van der Waals surface area contributed by atoms with Crippen molar-refractivity contribution in [3.63, 3.8) is 0 Å². The van der Waals surface area contributed by atoms with Crippen LogP contribution in [-0.4, -0.2) is 33.2 Å². The van der Waals surface area contributed by atoms with Crippen LogP contribution in [-0.2, 0) is 22.4 Å². The third kappa shape index (κ3) is 4.70. The average Bonchev–Trinajstić information content (AvgIpc) is 3.07. The Morgan fingerprint density at radius 1 is 0.943 bits per heavy atom. The lowest BCUT2D eigenvalue weighted by Gasteiger charge is -2.15. The number of carboxylic acid groups (broad SMARTS) is 1. The van der Waals surface area contributed by atoms with Gasteiger partial charge in [-0.15, -0.1) is 0 Å². The number of hydrogen-bond acceptors (Lipinski definition) is 7. The van der Waals surface area contributed by atoms with Gasteiger partial charge < -0.3 is 29.5 Å². The van der Waals surface area contributed by atoms with Gasteiger partial charge in [0.1, 0.15) is 23.0 Å². The van der Waals surface area contributed by atoms with Gasteiger partial charge in [0.2, 0.25) is 5.91 Å². The normalized spacial score (nSPS) is 12.2. The number of phenolic OH excluding ortho intramolecular Hbond substituents is 2. The molecule has 0 bridgehead atoms. The zero-order chi connectivity index (χ0) is 25.4. The zero-order valence-electron chi connectivity index (χ0n) is 19.5. The Morgan fingerprint density at radius 2 is 1.63 bits per heavy atom. The Balaban J connectivity index is 1.52. The molecule has 182 valence electrons. The highest BCUT2D eigenvalue weighted by Crippen LogP contribution is 2.31. The van der Waals surface area contributed by atoms with Crippen LogP contribution in [0, 0.1) is 20.8 Å². The molecule has 9 nitrogen and oxygen atoms in total. The van der Waals surface area contributed by atoms with Crippen LogP contribution >= 0.6 is 0 Å². The molecule has 0 radical (unpaired) electrons. The van der Waals surface area contributed by atoms with E-state index < -0.39 is 23.5 Å². The molecule has 1 atom stereocenters. The molecule has 35 heavy (non-hydrogen) atoms.